The summed E-state index contributed by atoms with van der Waals surface area (Å²) in [6.07, 6.45) is 1.46. The summed E-state index contributed by atoms with van der Waals surface area (Å²) in [5, 5.41) is 12.1. The van der Waals surface area contributed by atoms with Gasteiger partial charge in [0.05, 0.1) is 12.6 Å². The second-order valence-corrected chi connectivity index (χ2v) is 6.44. The lowest BCUT2D eigenvalue weighted by Gasteiger charge is -2.32. The summed E-state index contributed by atoms with van der Waals surface area (Å²) in [7, 11) is 1.78. The predicted molar refractivity (Wildman–Crippen MR) is 75.2 cm³/mol. The van der Waals surface area contributed by atoms with Crippen molar-refractivity contribution in [2.24, 2.45) is 5.92 Å². The Balaban J connectivity index is 2.43. The highest BCUT2D eigenvalue weighted by Gasteiger charge is 2.26. The fraction of sp³-hybridized carbons (Fsp3) is 0.857. The SMILES string of the molecule is CN1CC(CC(CO)NC(=O)OC(C)(C)C)CCC1=O. The summed E-state index contributed by atoms with van der Waals surface area (Å²) in [5.74, 6) is 0.451. The van der Waals surface area contributed by atoms with Gasteiger partial charge in [-0.1, -0.05) is 0 Å². The lowest BCUT2D eigenvalue weighted by Crippen LogP contribution is -2.44. The minimum Gasteiger partial charge on any atom is -0.444 e. The second kappa shape index (κ2) is 6.92. The standard InChI is InChI=1S/C14H26N2O4/c1-14(2,3)20-13(19)15-11(9-17)7-10-5-6-12(18)16(4)8-10/h10-11,17H,5-9H2,1-4H3,(H,15,19). The molecule has 1 fully saturated rings. The maximum absolute atomic E-state index is 11.7. The molecule has 20 heavy (non-hydrogen) atoms. The number of carbonyl (C=O) groups excluding carboxylic acids is 2. The minimum absolute atomic E-state index is 0.132. The molecule has 2 amide bonds. The first-order valence-electron chi connectivity index (χ1n) is 7.05. The van der Waals surface area contributed by atoms with E-state index in [1.807, 2.05) is 0 Å². The molecular formula is C14H26N2O4. The molecule has 2 atom stereocenters. The normalized spacial score (nSPS) is 21.6. The maximum atomic E-state index is 11.7. The molecule has 2 N–H and O–H groups in total. The van der Waals surface area contributed by atoms with Crippen LogP contribution in [0.5, 0.6) is 0 Å². The summed E-state index contributed by atoms with van der Waals surface area (Å²) in [5.41, 5.74) is -0.554. The minimum atomic E-state index is -0.554. The van der Waals surface area contributed by atoms with E-state index in [2.05, 4.69) is 5.32 Å². The van der Waals surface area contributed by atoms with Gasteiger partial charge in [0, 0.05) is 20.0 Å². The Labute approximate surface area is 120 Å². The Morgan fingerprint density at radius 1 is 1.55 bits per heavy atom. The van der Waals surface area contributed by atoms with Crippen LogP contribution in [0.25, 0.3) is 0 Å². The van der Waals surface area contributed by atoms with Crippen LogP contribution >= 0.6 is 0 Å². The summed E-state index contributed by atoms with van der Waals surface area (Å²) in [4.78, 5) is 24.8. The number of amides is 2. The van der Waals surface area contributed by atoms with Gasteiger partial charge in [-0.2, -0.15) is 0 Å². The number of rotatable bonds is 4. The van der Waals surface area contributed by atoms with Gasteiger partial charge in [-0.25, -0.2) is 4.79 Å². The van der Waals surface area contributed by atoms with Crippen molar-refractivity contribution in [2.75, 3.05) is 20.2 Å². The first kappa shape index (κ1) is 16.8. The van der Waals surface area contributed by atoms with Crippen LogP contribution in [0.1, 0.15) is 40.0 Å². The third-order valence-electron chi connectivity index (χ3n) is 3.28. The fourth-order valence-corrected chi connectivity index (χ4v) is 2.35. The van der Waals surface area contributed by atoms with Gasteiger partial charge in [-0.05, 0) is 39.5 Å². The molecule has 1 rings (SSSR count). The molecule has 116 valence electrons. The predicted octanol–water partition coefficient (Wildman–Crippen LogP) is 1.13. The zero-order chi connectivity index (χ0) is 15.3. The molecule has 0 bridgehead atoms. The van der Waals surface area contributed by atoms with E-state index in [1.54, 1.807) is 32.7 Å². The van der Waals surface area contributed by atoms with E-state index >= 15 is 0 Å². The molecule has 0 aromatic heterocycles. The summed E-state index contributed by atoms with van der Waals surface area (Å²) in [6, 6.07) is -0.337. The van der Waals surface area contributed by atoms with E-state index in [-0.39, 0.29) is 18.6 Å². The summed E-state index contributed by atoms with van der Waals surface area (Å²) >= 11 is 0. The molecule has 0 aromatic rings. The van der Waals surface area contributed by atoms with Crippen molar-refractivity contribution in [3.05, 3.63) is 0 Å². The van der Waals surface area contributed by atoms with Crippen LogP contribution in [0.4, 0.5) is 4.79 Å². The molecule has 2 unspecified atom stereocenters. The number of likely N-dealkylation sites (tertiary alicyclic amines) is 1. The molecule has 0 radical (unpaired) electrons. The highest BCUT2D eigenvalue weighted by Crippen LogP contribution is 2.21. The van der Waals surface area contributed by atoms with Gasteiger partial charge in [0.15, 0.2) is 0 Å². The van der Waals surface area contributed by atoms with Crippen LogP contribution in [0.3, 0.4) is 0 Å². The zero-order valence-corrected chi connectivity index (χ0v) is 12.8. The van der Waals surface area contributed by atoms with E-state index < -0.39 is 11.7 Å². The number of ether oxygens (including phenoxy) is 1. The molecule has 1 heterocycles. The van der Waals surface area contributed by atoms with Crippen LogP contribution in [0, 0.1) is 5.92 Å². The molecule has 0 aromatic carbocycles. The Hall–Kier alpha value is -1.30. The number of aliphatic hydroxyl groups excluding tert-OH is 1. The molecule has 6 nitrogen and oxygen atoms in total. The third-order valence-corrected chi connectivity index (χ3v) is 3.28. The van der Waals surface area contributed by atoms with E-state index in [0.29, 0.717) is 25.3 Å². The van der Waals surface area contributed by atoms with Crippen LogP contribution in [0.15, 0.2) is 0 Å². The largest absolute Gasteiger partial charge is 0.444 e. The molecule has 1 saturated heterocycles. The van der Waals surface area contributed by atoms with Gasteiger partial charge in [0.25, 0.3) is 0 Å². The van der Waals surface area contributed by atoms with Crippen molar-refractivity contribution in [1.29, 1.82) is 0 Å². The Morgan fingerprint density at radius 2 is 2.20 bits per heavy atom. The first-order valence-corrected chi connectivity index (χ1v) is 7.05. The Kier molecular flexibility index (Phi) is 5.80. The Bertz CT molecular complexity index is 352. The van der Waals surface area contributed by atoms with Crippen LogP contribution in [0.2, 0.25) is 0 Å². The average molecular weight is 286 g/mol. The highest BCUT2D eigenvalue weighted by molar-refractivity contribution is 5.76. The number of hydrogen-bond donors (Lipinski definition) is 2. The quantitative estimate of drug-likeness (QED) is 0.812. The number of nitrogens with zero attached hydrogens (tertiary/aromatic N) is 1. The fourth-order valence-electron chi connectivity index (χ4n) is 2.35. The van der Waals surface area contributed by atoms with Crippen LogP contribution < -0.4 is 5.32 Å². The smallest absolute Gasteiger partial charge is 0.407 e. The molecule has 6 heteroatoms. The number of aliphatic hydroxyl groups is 1. The molecule has 0 spiro atoms. The van der Waals surface area contributed by atoms with E-state index in [9.17, 15) is 14.7 Å². The molecule has 1 aliphatic rings. The monoisotopic (exact) mass is 286 g/mol. The number of nitrogens with one attached hydrogen (secondary N) is 1. The zero-order valence-electron chi connectivity index (χ0n) is 12.8. The van der Waals surface area contributed by atoms with Gasteiger partial charge < -0.3 is 20.1 Å². The average Bonchev–Trinajstić information content (AvgIpc) is 2.30. The second-order valence-electron chi connectivity index (χ2n) is 6.44. The van der Waals surface area contributed by atoms with E-state index in [1.165, 1.54) is 0 Å². The van der Waals surface area contributed by atoms with Gasteiger partial charge in [-0.3, -0.25) is 4.79 Å². The Morgan fingerprint density at radius 3 is 2.70 bits per heavy atom. The van der Waals surface area contributed by atoms with Gasteiger partial charge in [-0.15, -0.1) is 0 Å². The maximum Gasteiger partial charge on any atom is 0.407 e. The molecule has 0 saturated carbocycles. The van der Waals surface area contributed by atoms with Gasteiger partial charge >= 0.3 is 6.09 Å². The molecule has 0 aliphatic carbocycles. The van der Waals surface area contributed by atoms with Gasteiger partial charge in [0.2, 0.25) is 5.91 Å². The van der Waals surface area contributed by atoms with Crippen LogP contribution in [-0.4, -0.2) is 53.8 Å². The number of carbonyl (C=O) groups is 2. The lowest BCUT2D eigenvalue weighted by atomic mass is 9.91. The molecular weight excluding hydrogens is 260 g/mol. The summed E-state index contributed by atoms with van der Waals surface area (Å²) < 4.78 is 5.17. The molecule has 1 aliphatic heterocycles. The number of alkyl carbamates (subject to hydrolysis) is 1. The van der Waals surface area contributed by atoms with Crippen molar-refractivity contribution in [3.8, 4) is 0 Å². The number of hydrogen-bond acceptors (Lipinski definition) is 4. The number of piperidine rings is 1. The topological polar surface area (TPSA) is 78.9 Å². The van der Waals surface area contributed by atoms with Crippen molar-refractivity contribution in [2.45, 2.75) is 51.7 Å². The lowest BCUT2D eigenvalue weighted by molar-refractivity contribution is -0.133. The first-order chi connectivity index (χ1) is 9.21. The third kappa shape index (κ3) is 5.77. The van der Waals surface area contributed by atoms with Crippen molar-refractivity contribution < 1.29 is 19.4 Å². The highest BCUT2D eigenvalue weighted by atomic mass is 16.6. The summed E-state index contributed by atoms with van der Waals surface area (Å²) in [6.45, 7) is 5.92. The van der Waals surface area contributed by atoms with Gasteiger partial charge in [0.1, 0.15) is 5.60 Å². The van der Waals surface area contributed by atoms with Crippen molar-refractivity contribution in [3.63, 3.8) is 0 Å². The van der Waals surface area contributed by atoms with Crippen molar-refractivity contribution >= 4 is 12.0 Å². The van der Waals surface area contributed by atoms with E-state index in [4.69, 9.17) is 4.74 Å². The van der Waals surface area contributed by atoms with Crippen molar-refractivity contribution in [1.82, 2.24) is 10.2 Å². The van der Waals surface area contributed by atoms with Crippen LogP contribution in [-0.2, 0) is 9.53 Å². The van der Waals surface area contributed by atoms with E-state index in [0.717, 1.165) is 6.42 Å².